The zero-order valence-corrected chi connectivity index (χ0v) is 5.67. The number of rotatable bonds is 5. The number of carboxylic acid groups (broad SMARTS) is 1. The van der Waals surface area contributed by atoms with Crippen LogP contribution < -0.4 is 5.32 Å². The highest BCUT2D eigenvalue weighted by molar-refractivity contribution is 5.64. The Labute approximate surface area is 59.5 Å². The zero-order valence-electron chi connectivity index (χ0n) is 5.67. The lowest BCUT2D eigenvalue weighted by molar-refractivity contribution is 0.156. The van der Waals surface area contributed by atoms with E-state index in [1.165, 1.54) is 0 Å². The van der Waals surface area contributed by atoms with Gasteiger partial charge < -0.3 is 15.2 Å². The average molecular weight is 145 g/mol. The molecule has 0 rings (SSSR count). The third kappa shape index (κ3) is 6.97. The van der Waals surface area contributed by atoms with Gasteiger partial charge in [0.05, 0.1) is 13.2 Å². The minimum atomic E-state index is -1.03. The fourth-order valence-electron chi connectivity index (χ4n) is 0.397. The summed E-state index contributed by atoms with van der Waals surface area (Å²) in [5, 5.41) is 10.2. The Kier molecular flexibility index (Phi) is 5.47. The van der Waals surface area contributed by atoms with E-state index < -0.39 is 6.09 Å². The van der Waals surface area contributed by atoms with Crippen LogP contribution in [0.1, 0.15) is 0 Å². The van der Waals surface area contributed by atoms with E-state index in [0.29, 0.717) is 19.8 Å². The number of ether oxygens (including phenoxy) is 1. The van der Waals surface area contributed by atoms with E-state index in [1.54, 1.807) is 6.08 Å². The Morgan fingerprint density at radius 1 is 1.80 bits per heavy atom. The maximum Gasteiger partial charge on any atom is 0.404 e. The number of nitrogens with one attached hydrogen (secondary N) is 1. The molecule has 0 aromatic rings. The topological polar surface area (TPSA) is 58.6 Å². The predicted octanol–water partition coefficient (Wildman–Crippen LogP) is 0.457. The van der Waals surface area contributed by atoms with Gasteiger partial charge in [-0.15, -0.1) is 6.58 Å². The van der Waals surface area contributed by atoms with Gasteiger partial charge in [-0.25, -0.2) is 4.79 Å². The van der Waals surface area contributed by atoms with Crippen LogP contribution in [0.4, 0.5) is 4.79 Å². The number of hydrogen-bond acceptors (Lipinski definition) is 2. The second-order valence-corrected chi connectivity index (χ2v) is 1.60. The predicted molar refractivity (Wildman–Crippen MR) is 37.0 cm³/mol. The Balaban J connectivity index is 2.90. The molecule has 0 radical (unpaired) electrons. The molecule has 0 saturated heterocycles. The molecule has 0 bridgehead atoms. The van der Waals surface area contributed by atoms with Gasteiger partial charge in [-0.1, -0.05) is 6.08 Å². The van der Waals surface area contributed by atoms with Crippen LogP contribution in [-0.2, 0) is 4.74 Å². The van der Waals surface area contributed by atoms with Crippen LogP contribution in [0.25, 0.3) is 0 Å². The number of carbonyl (C=O) groups is 1. The summed E-state index contributed by atoms with van der Waals surface area (Å²) < 4.78 is 4.89. The van der Waals surface area contributed by atoms with Crippen molar-refractivity contribution in [1.29, 1.82) is 0 Å². The maximum absolute atomic E-state index is 9.85. The van der Waals surface area contributed by atoms with Crippen molar-refractivity contribution in [2.24, 2.45) is 0 Å². The van der Waals surface area contributed by atoms with Gasteiger partial charge in [0.1, 0.15) is 0 Å². The van der Waals surface area contributed by atoms with Crippen molar-refractivity contribution < 1.29 is 14.6 Å². The summed E-state index contributed by atoms with van der Waals surface area (Å²) in [4.78, 5) is 9.85. The maximum atomic E-state index is 9.85. The largest absolute Gasteiger partial charge is 0.465 e. The van der Waals surface area contributed by atoms with Crippen LogP contribution in [0.2, 0.25) is 0 Å². The quantitative estimate of drug-likeness (QED) is 0.436. The molecule has 0 spiro atoms. The van der Waals surface area contributed by atoms with E-state index in [9.17, 15) is 4.79 Å². The summed E-state index contributed by atoms with van der Waals surface area (Å²) in [6.45, 7) is 4.60. The second-order valence-electron chi connectivity index (χ2n) is 1.60. The molecule has 0 heterocycles. The van der Waals surface area contributed by atoms with Crippen LogP contribution in [0.5, 0.6) is 0 Å². The van der Waals surface area contributed by atoms with Gasteiger partial charge in [0.15, 0.2) is 0 Å². The van der Waals surface area contributed by atoms with Crippen molar-refractivity contribution in [3.8, 4) is 0 Å². The Morgan fingerprint density at radius 3 is 3.00 bits per heavy atom. The van der Waals surface area contributed by atoms with Gasteiger partial charge in [-0.2, -0.15) is 0 Å². The van der Waals surface area contributed by atoms with Crippen molar-refractivity contribution in [3.05, 3.63) is 12.7 Å². The first-order valence-electron chi connectivity index (χ1n) is 2.93. The Morgan fingerprint density at radius 2 is 2.50 bits per heavy atom. The Hall–Kier alpha value is -1.03. The molecule has 4 heteroatoms. The molecule has 0 fully saturated rings. The van der Waals surface area contributed by atoms with E-state index in [0.717, 1.165) is 0 Å². The van der Waals surface area contributed by atoms with Gasteiger partial charge in [0.2, 0.25) is 0 Å². The molecule has 0 aliphatic heterocycles. The van der Waals surface area contributed by atoms with Crippen LogP contribution in [-0.4, -0.2) is 31.0 Å². The van der Waals surface area contributed by atoms with Gasteiger partial charge in [-0.05, 0) is 0 Å². The second kappa shape index (κ2) is 6.10. The molecule has 1 amide bonds. The summed E-state index contributed by atoms with van der Waals surface area (Å²) in [5.74, 6) is 0. The van der Waals surface area contributed by atoms with Crippen LogP contribution in [0, 0.1) is 0 Å². The van der Waals surface area contributed by atoms with E-state index in [2.05, 4.69) is 11.9 Å². The number of hydrogen-bond donors (Lipinski definition) is 2. The minimum Gasteiger partial charge on any atom is -0.465 e. The van der Waals surface area contributed by atoms with Crippen LogP contribution >= 0.6 is 0 Å². The monoisotopic (exact) mass is 145 g/mol. The molecule has 0 aromatic carbocycles. The lowest BCUT2D eigenvalue weighted by Gasteiger charge is -1.99. The first kappa shape index (κ1) is 8.97. The average Bonchev–Trinajstić information content (AvgIpc) is 1.87. The fourth-order valence-corrected chi connectivity index (χ4v) is 0.397. The summed E-state index contributed by atoms with van der Waals surface area (Å²) >= 11 is 0. The molecule has 10 heavy (non-hydrogen) atoms. The van der Waals surface area contributed by atoms with Crippen molar-refractivity contribution in [3.63, 3.8) is 0 Å². The van der Waals surface area contributed by atoms with E-state index >= 15 is 0 Å². The summed E-state index contributed by atoms with van der Waals surface area (Å²) in [5.41, 5.74) is 0. The molecule has 0 aliphatic rings. The highest BCUT2D eigenvalue weighted by Crippen LogP contribution is 1.72. The molecule has 4 nitrogen and oxygen atoms in total. The molecule has 0 unspecified atom stereocenters. The third-order valence-corrected chi connectivity index (χ3v) is 0.758. The fraction of sp³-hybridized carbons (Fsp3) is 0.500. The smallest absolute Gasteiger partial charge is 0.404 e. The van der Waals surface area contributed by atoms with Crippen molar-refractivity contribution in [1.82, 2.24) is 5.32 Å². The Bertz CT molecular complexity index is 114. The molecule has 0 atom stereocenters. The van der Waals surface area contributed by atoms with E-state index in [-0.39, 0.29) is 0 Å². The molecule has 0 aliphatic carbocycles. The standard InChI is InChI=1S/C6H11NO3/c1-2-4-10-5-3-7-6(8)9/h2,7H,1,3-5H2,(H,8,9). The third-order valence-electron chi connectivity index (χ3n) is 0.758. The minimum absolute atomic E-state index is 0.323. The first-order chi connectivity index (χ1) is 4.77. The van der Waals surface area contributed by atoms with Crippen molar-refractivity contribution in [2.45, 2.75) is 0 Å². The van der Waals surface area contributed by atoms with Gasteiger partial charge in [0.25, 0.3) is 0 Å². The van der Waals surface area contributed by atoms with Gasteiger partial charge in [-0.3, -0.25) is 0 Å². The van der Waals surface area contributed by atoms with Gasteiger partial charge >= 0.3 is 6.09 Å². The number of amides is 1. The molecule has 0 saturated carbocycles. The summed E-state index contributed by atoms with van der Waals surface area (Å²) in [6.07, 6.45) is 0.586. The lowest BCUT2D eigenvalue weighted by atomic mass is 10.6. The lowest BCUT2D eigenvalue weighted by Crippen LogP contribution is -2.25. The molecule has 58 valence electrons. The van der Waals surface area contributed by atoms with Crippen molar-refractivity contribution >= 4 is 6.09 Å². The van der Waals surface area contributed by atoms with Crippen molar-refractivity contribution in [2.75, 3.05) is 19.8 Å². The van der Waals surface area contributed by atoms with Crippen LogP contribution in [0.3, 0.4) is 0 Å². The van der Waals surface area contributed by atoms with Crippen LogP contribution in [0.15, 0.2) is 12.7 Å². The molecule has 2 N–H and O–H groups in total. The summed E-state index contributed by atoms with van der Waals surface area (Å²) in [6, 6.07) is 0. The normalized spacial score (nSPS) is 8.80. The summed E-state index contributed by atoms with van der Waals surface area (Å²) in [7, 11) is 0. The molecular formula is C6H11NO3. The highest BCUT2D eigenvalue weighted by Gasteiger charge is 1.90. The molecule has 0 aromatic heterocycles. The van der Waals surface area contributed by atoms with E-state index in [1.807, 2.05) is 0 Å². The highest BCUT2D eigenvalue weighted by atomic mass is 16.5. The first-order valence-corrected chi connectivity index (χ1v) is 2.93. The van der Waals surface area contributed by atoms with E-state index in [4.69, 9.17) is 9.84 Å². The zero-order chi connectivity index (χ0) is 7.82. The molecular weight excluding hydrogens is 134 g/mol. The van der Waals surface area contributed by atoms with Gasteiger partial charge in [0, 0.05) is 6.54 Å². The SMILES string of the molecule is C=CCOCCNC(=O)O.